The Balaban J connectivity index is 3.25. The van der Waals surface area contributed by atoms with Gasteiger partial charge in [-0.3, -0.25) is 0 Å². The lowest BCUT2D eigenvalue weighted by Crippen LogP contribution is -1.91. The Morgan fingerprint density at radius 3 is 1.73 bits per heavy atom. The highest BCUT2D eigenvalue weighted by atomic mass is 31.1. The smallest absolute Gasteiger partial charge is 0.0398 e. The van der Waals surface area contributed by atoms with Crippen LogP contribution in [0.25, 0.3) is 0 Å². The summed E-state index contributed by atoms with van der Waals surface area (Å²) in [5.74, 6) is 0. The molecule has 68 valence electrons. The van der Waals surface area contributed by atoms with Gasteiger partial charge in [0.05, 0.1) is 0 Å². The Labute approximate surface area is 72.4 Å². The van der Waals surface area contributed by atoms with Crippen molar-refractivity contribution in [2.45, 2.75) is 39.5 Å². The predicted molar refractivity (Wildman–Crippen MR) is 53.5 cm³/mol. The first-order valence-electron chi connectivity index (χ1n) is 4.64. The molecule has 0 aliphatic rings. The molecule has 0 aromatic heterocycles. The summed E-state index contributed by atoms with van der Waals surface area (Å²) in [6.07, 6.45) is 7.89. The van der Waals surface area contributed by atoms with Gasteiger partial charge in [0.15, 0.2) is 0 Å². The zero-order chi connectivity index (χ0) is 8.53. The molecule has 0 bridgehead atoms. The van der Waals surface area contributed by atoms with Crippen LogP contribution in [0, 0.1) is 0 Å². The lowest BCUT2D eigenvalue weighted by Gasteiger charge is -2.13. The van der Waals surface area contributed by atoms with E-state index in [9.17, 15) is 0 Å². The van der Waals surface area contributed by atoms with Crippen LogP contribution in [0.4, 0.5) is 0 Å². The summed E-state index contributed by atoms with van der Waals surface area (Å²) < 4.78 is 5.42. The molecule has 0 atom stereocenters. The molecule has 0 aliphatic heterocycles. The van der Waals surface area contributed by atoms with E-state index in [2.05, 4.69) is 13.8 Å². The van der Waals surface area contributed by atoms with Gasteiger partial charge in [0.2, 0.25) is 0 Å². The highest BCUT2D eigenvalue weighted by Gasteiger charge is 2.04. The summed E-state index contributed by atoms with van der Waals surface area (Å²) in [4.78, 5) is 0. The van der Waals surface area contributed by atoms with E-state index >= 15 is 0 Å². The summed E-state index contributed by atoms with van der Waals surface area (Å²) in [6, 6.07) is 0. The minimum Gasteiger partial charge on any atom is -0.362 e. The molecular weight excluding hydrogens is 155 g/mol. The summed E-state index contributed by atoms with van der Waals surface area (Å²) >= 11 is 0. The maximum Gasteiger partial charge on any atom is 0.0398 e. The molecule has 0 saturated carbocycles. The van der Waals surface area contributed by atoms with Crippen LogP contribution in [0.15, 0.2) is 0 Å². The van der Waals surface area contributed by atoms with Crippen LogP contribution >= 0.6 is 8.15 Å². The van der Waals surface area contributed by atoms with Gasteiger partial charge >= 0.3 is 0 Å². The molecule has 11 heavy (non-hydrogen) atoms. The lowest BCUT2D eigenvalue weighted by molar-refractivity contribution is 0.457. The van der Waals surface area contributed by atoms with Crippen LogP contribution < -0.4 is 0 Å². The Bertz CT molecular complexity index is 68.0. The third kappa shape index (κ3) is 6.77. The van der Waals surface area contributed by atoms with Crippen molar-refractivity contribution in [2.24, 2.45) is 0 Å². The van der Waals surface area contributed by atoms with Gasteiger partial charge in [0, 0.05) is 15.3 Å². The topological polar surface area (TPSA) is 9.23 Å². The van der Waals surface area contributed by atoms with Gasteiger partial charge in [-0.25, -0.2) is 0 Å². The summed E-state index contributed by atoms with van der Waals surface area (Å²) in [5, 5.41) is 0. The first-order chi connectivity index (χ1) is 5.35. The van der Waals surface area contributed by atoms with Crippen molar-refractivity contribution in [2.75, 3.05) is 19.4 Å². The van der Waals surface area contributed by atoms with Gasteiger partial charge in [-0.05, 0) is 25.2 Å². The van der Waals surface area contributed by atoms with Gasteiger partial charge in [-0.2, -0.15) is 0 Å². The number of unbranched alkanes of at least 4 members (excludes halogenated alkanes) is 2. The van der Waals surface area contributed by atoms with Gasteiger partial charge in [0.25, 0.3) is 0 Å². The van der Waals surface area contributed by atoms with E-state index in [1.165, 1.54) is 38.0 Å². The largest absolute Gasteiger partial charge is 0.362 e. The minimum atomic E-state index is -0.0702. The van der Waals surface area contributed by atoms with Gasteiger partial charge in [-0.15, -0.1) is 0 Å². The number of hydrogen-bond acceptors (Lipinski definition) is 1. The van der Waals surface area contributed by atoms with Crippen LogP contribution in [0.1, 0.15) is 39.5 Å². The summed E-state index contributed by atoms with van der Waals surface area (Å²) in [7, 11) is 1.79. The predicted octanol–water partition coefficient (Wildman–Crippen LogP) is 3.63. The van der Waals surface area contributed by atoms with E-state index in [4.69, 9.17) is 4.52 Å². The molecule has 0 saturated heterocycles. The summed E-state index contributed by atoms with van der Waals surface area (Å²) in [6.45, 7) is 4.48. The van der Waals surface area contributed by atoms with Crippen LogP contribution in [0.3, 0.4) is 0 Å². The molecule has 2 heteroatoms. The van der Waals surface area contributed by atoms with Crippen molar-refractivity contribution in [1.29, 1.82) is 0 Å². The molecule has 0 heterocycles. The van der Waals surface area contributed by atoms with Crippen molar-refractivity contribution in [3.05, 3.63) is 0 Å². The van der Waals surface area contributed by atoms with Gasteiger partial charge in [0.1, 0.15) is 0 Å². The van der Waals surface area contributed by atoms with E-state index in [1.54, 1.807) is 0 Å². The van der Waals surface area contributed by atoms with Gasteiger partial charge < -0.3 is 4.52 Å². The molecule has 0 fully saturated rings. The highest BCUT2D eigenvalue weighted by Crippen LogP contribution is 2.37. The molecule has 0 aromatic carbocycles. The third-order valence-electron chi connectivity index (χ3n) is 1.78. The lowest BCUT2D eigenvalue weighted by atomic mass is 10.4. The minimum absolute atomic E-state index is 0.0702. The van der Waals surface area contributed by atoms with Crippen molar-refractivity contribution >= 4 is 8.15 Å². The Kier molecular flexibility index (Phi) is 8.79. The van der Waals surface area contributed by atoms with Crippen molar-refractivity contribution in [3.8, 4) is 0 Å². The van der Waals surface area contributed by atoms with Crippen LogP contribution in [0.2, 0.25) is 0 Å². The molecule has 0 radical (unpaired) electrons. The quantitative estimate of drug-likeness (QED) is 0.538. The second-order valence-corrected chi connectivity index (χ2v) is 5.04. The monoisotopic (exact) mass is 176 g/mol. The van der Waals surface area contributed by atoms with Crippen LogP contribution in [-0.2, 0) is 4.52 Å². The number of hydrogen-bond donors (Lipinski definition) is 0. The fraction of sp³-hybridized carbons (Fsp3) is 1.00. The first kappa shape index (κ1) is 11.4. The zero-order valence-corrected chi connectivity index (χ0v) is 8.99. The average Bonchev–Trinajstić information content (AvgIpc) is 2.05. The van der Waals surface area contributed by atoms with Crippen LogP contribution in [0.5, 0.6) is 0 Å². The van der Waals surface area contributed by atoms with Crippen molar-refractivity contribution in [3.63, 3.8) is 0 Å². The highest BCUT2D eigenvalue weighted by molar-refractivity contribution is 7.52. The SMILES string of the molecule is CCCCP(CCCC)OC. The van der Waals surface area contributed by atoms with Crippen LogP contribution in [-0.4, -0.2) is 19.4 Å². The fourth-order valence-corrected chi connectivity index (χ4v) is 2.89. The van der Waals surface area contributed by atoms with E-state index in [1.807, 2.05) is 7.11 Å². The van der Waals surface area contributed by atoms with E-state index < -0.39 is 0 Å². The van der Waals surface area contributed by atoms with E-state index in [-0.39, 0.29) is 8.15 Å². The Morgan fingerprint density at radius 2 is 1.45 bits per heavy atom. The molecular formula is C9H21OP. The standard InChI is InChI=1S/C9H21OP/c1-4-6-8-11(10-3)9-7-5-2/h4-9H2,1-3H3. The maximum absolute atomic E-state index is 5.42. The molecule has 0 unspecified atom stereocenters. The molecule has 0 amide bonds. The molecule has 1 nitrogen and oxygen atoms in total. The molecule has 0 spiro atoms. The Hall–Kier alpha value is 0.390. The van der Waals surface area contributed by atoms with E-state index in [0.29, 0.717) is 0 Å². The average molecular weight is 176 g/mol. The third-order valence-corrected chi connectivity index (χ3v) is 3.93. The molecule has 0 rings (SSSR count). The molecule has 0 aliphatic carbocycles. The molecule has 0 aromatic rings. The second kappa shape index (κ2) is 8.49. The van der Waals surface area contributed by atoms with Crippen molar-refractivity contribution < 1.29 is 4.52 Å². The fourth-order valence-electron chi connectivity index (χ4n) is 0.963. The van der Waals surface area contributed by atoms with Crippen molar-refractivity contribution in [1.82, 2.24) is 0 Å². The normalized spacial score (nSPS) is 10.9. The number of rotatable bonds is 7. The summed E-state index contributed by atoms with van der Waals surface area (Å²) in [5.41, 5.74) is 0. The Morgan fingerprint density at radius 1 is 1.00 bits per heavy atom. The first-order valence-corrected chi connectivity index (χ1v) is 6.27. The molecule has 0 N–H and O–H groups in total. The zero-order valence-electron chi connectivity index (χ0n) is 8.10. The maximum atomic E-state index is 5.42. The van der Waals surface area contributed by atoms with E-state index in [0.717, 1.165) is 0 Å². The van der Waals surface area contributed by atoms with Gasteiger partial charge in [-0.1, -0.05) is 26.7 Å². The second-order valence-electron chi connectivity index (χ2n) is 2.82.